The Kier molecular flexibility index (Phi) is 4.76. The number of fused-ring (bicyclic) bond motifs is 1. The van der Waals surface area contributed by atoms with Gasteiger partial charge in [0.05, 0.1) is 0 Å². The van der Waals surface area contributed by atoms with Gasteiger partial charge >= 0.3 is 0 Å². The summed E-state index contributed by atoms with van der Waals surface area (Å²) in [5, 5.41) is 3.18. The molecule has 4 heteroatoms. The summed E-state index contributed by atoms with van der Waals surface area (Å²) < 4.78 is 9.06. The first-order valence-corrected chi connectivity index (χ1v) is 10.7. The minimum Gasteiger partial charge on any atom is -0.490 e. The quantitative estimate of drug-likeness (QED) is 0.545. The molecule has 1 saturated carbocycles. The minimum absolute atomic E-state index is 0.287. The van der Waals surface area contributed by atoms with E-state index in [2.05, 4.69) is 69.8 Å². The molecule has 1 aliphatic carbocycles. The highest BCUT2D eigenvalue weighted by atomic mass is 32.2. The van der Waals surface area contributed by atoms with E-state index >= 15 is 0 Å². The van der Waals surface area contributed by atoms with Gasteiger partial charge in [-0.3, -0.25) is 9.29 Å². The van der Waals surface area contributed by atoms with Crippen molar-refractivity contribution < 1.29 is 4.74 Å². The fourth-order valence-electron chi connectivity index (χ4n) is 3.68. The Hall–Kier alpha value is -2.04. The van der Waals surface area contributed by atoms with Gasteiger partial charge in [-0.05, 0) is 60.4 Å². The van der Waals surface area contributed by atoms with E-state index in [0.717, 1.165) is 42.3 Å². The van der Waals surface area contributed by atoms with E-state index in [1.54, 1.807) is 0 Å². The van der Waals surface area contributed by atoms with Gasteiger partial charge in [0.15, 0.2) is 0 Å². The number of ether oxygens (including phenoxy) is 1. The Labute approximate surface area is 164 Å². The number of pyridine rings is 1. The highest BCUT2D eigenvalue weighted by Gasteiger charge is 2.28. The number of benzene rings is 2. The van der Waals surface area contributed by atoms with Crippen LogP contribution in [0.15, 0.2) is 60.9 Å². The van der Waals surface area contributed by atoms with Gasteiger partial charge in [-0.15, -0.1) is 0 Å². The molecule has 0 amide bonds. The van der Waals surface area contributed by atoms with Crippen molar-refractivity contribution in [2.45, 2.75) is 37.0 Å². The van der Waals surface area contributed by atoms with E-state index in [9.17, 15) is 0 Å². The Morgan fingerprint density at radius 1 is 0.926 bits per heavy atom. The minimum atomic E-state index is 0.287. The van der Waals surface area contributed by atoms with E-state index in [1.165, 1.54) is 29.4 Å². The topological polar surface area (TPSA) is 25.4 Å². The first kappa shape index (κ1) is 17.1. The molecule has 0 atom stereocenters. The fraction of sp³-hybridized carbons (Fsp3) is 0.348. The number of nitrogens with zero attached hydrogens (tertiary/aromatic N) is 2. The summed E-state index contributed by atoms with van der Waals surface area (Å²) in [4.78, 5) is 4.33. The molecule has 2 fully saturated rings. The van der Waals surface area contributed by atoms with Crippen LogP contribution in [0.1, 0.15) is 25.7 Å². The molecule has 27 heavy (non-hydrogen) atoms. The zero-order valence-corrected chi connectivity index (χ0v) is 16.2. The molecule has 1 aromatic heterocycles. The average molecular weight is 377 g/mol. The smallest absolute Gasteiger partial charge is 0.129 e. The van der Waals surface area contributed by atoms with E-state index in [-0.39, 0.29) is 6.10 Å². The second kappa shape index (κ2) is 7.53. The average Bonchev–Trinajstić information content (AvgIpc) is 3.54. The summed E-state index contributed by atoms with van der Waals surface area (Å²) >= 11 is 2.06. The van der Waals surface area contributed by atoms with Gasteiger partial charge in [-0.2, -0.15) is 0 Å². The van der Waals surface area contributed by atoms with Crippen LogP contribution in [0.2, 0.25) is 0 Å². The standard InChI is InChI=1S/C23H24N2OS/c1-2-4-17(5-3-1)19-14-18-8-11-24-16-22(18)23(15-19)26-20-9-12-25(13-10-20)27-21-6-7-21/h1-5,8,11,14-16,20-21H,6-7,9-10,12-13H2. The van der Waals surface area contributed by atoms with Crippen molar-refractivity contribution >= 4 is 22.7 Å². The number of hydrogen-bond donors (Lipinski definition) is 0. The van der Waals surface area contributed by atoms with Crippen LogP contribution in [-0.2, 0) is 0 Å². The molecule has 1 aliphatic heterocycles. The van der Waals surface area contributed by atoms with Gasteiger partial charge < -0.3 is 4.74 Å². The molecule has 0 N–H and O–H groups in total. The molecule has 0 bridgehead atoms. The van der Waals surface area contributed by atoms with Gasteiger partial charge in [0.2, 0.25) is 0 Å². The van der Waals surface area contributed by atoms with Gasteiger partial charge in [-0.1, -0.05) is 42.3 Å². The number of hydrogen-bond acceptors (Lipinski definition) is 4. The third-order valence-electron chi connectivity index (χ3n) is 5.34. The zero-order chi connectivity index (χ0) is 18.1. The summed E-state index contributed by atoms with van der Waals surface area (Å²) in [7, 11) is 0. The first-order valence-electron chi connectivity index (χ1n) is 9.87. The van der Waals surface area contributed by atoms with Gasteiger partial charge in [-0.25, -0.2) is 0 Å². The van der Waals surface area contributed by atoms with Crippen molar-refractivity contribution in [1.82, 2.24) is 9.29 Å². The van der Waals surface area contributed by atoms with Crippen LogP contribution in [0, 0.1) is 0 Å². The Morgan fingerprint density at radius 3 is 2.52 bits per heavy atom. The van der Waals surface area contributed by atoms with Crippen LogP contribution in [0.25, 0.3) is 21.9 Å². The van der Waals surface area contributed by atoms with Crippen molar-refractivity contribution in [3.63, 3.8) is 0 Å². The SMILES string of the molecule is c1ccc(-c2cc(OC3CCN(SC4CC4)CC3)c3cnccc3c2)cc1. The molecule has 2 aromatic carbocycles. The van der Waals surface area contributed by atoms with Crippen LogP contribution in [-0.4, -0.2) is 33.7 Å². The molecule has 3 nitrogen and oxygen atoms in total. The monoisotopic (exact) mass is 376 g/mol. The van der Waals surface area contributed by atoms with Gasteiger partial charge in [0.1, 0.15) is 11.9 Å². The summed E-state index contributed by atoms with van der Waals surface area (Å²) in [6.45, 7) is 2.25. The molecule has 0 unspecified atom stereocenters. The predicted octanol–water partition coefficient (Wildman–Crippen LogP) is 5.56. The van der Waals surface area contributed by atoms with Crippen LogP contribution in [0.4, 0.5) is 0 Å². The fourth-order valence-corrected chi connectivity index (χ4v) is 4.87. The highest BCUT2D eigenvalue weighted by molar-refractivity contribution is 7.97. The second-order valence-electron chi connectivity index (χ2n) is 7.49. The Morgan fingerprint density at radius 2 is 1.74 bits per heavy atom. The molecular formula is C23H24N2OS. The third kappa shape index (κ3) is 3.97. The van der Waals surface area contributed by atoms with Crippen LogP contribution < -0.4 is 4.74 Å². The van der Waals surface area contributed by atoms with Crippen molar-refractivity contribution in [3.05, 3.63) is 60.9 Å². The van der Waals surface area contributed by atoms with Gasteiger partial charge in [0, 0.05) is 36.1 Å². The van der Waals surface area contributed by atoms with Gasteiger partial charge in [0.25, 0.3) is 0 Å². The largest absolute Gasteiger partial charge is 0.490 e. The van der Waals surface area contributed by atoms with E-state index in [1.807, 2.05) is 12.4 Å². The molecular weight excluding hydrogens is 352 g/mol. The summed E-state index contributed by atoms with van der Waals surface area (Å²) in [5.74, 6) is 0.966. The lowest BCUT2D eigenvalue weighted by Gasteiger charge is -2.31. The lowest BCUT2D eigenvalue weighted by atomic mass is 10.0. The third-order valence-corrected chi connectivity index (χ3v) is 6.77. The van der Waals surface area contributed by atoms with Crippen molar-refractivity contribution in [2.75, 3.05) is 13.1 Å². The van der Waals surface area contributed by atoms with Crippen LogP contribution >= 0.6 is 11.9 Å². The van der Waals surface area contributed by atoms with Crippen molar-refractivity contribution in [1.29, 1.82) is 0 Å². The van der Waals surface area contributed by atoms with E-state index < -0.39 is 0 Å². The molecule has 2 aliphatic rings. The predicted molar refractivity (Wildman–Crippen MR) is 113 cm³/mol. The first-order chi connectivity index (χ1) is 13.3. The lowest BCUT2D eigenvalue weighted by Crippen LogP contribution is -2.34. The summed E-state index contributed by atoms with van der Waals surface area (Å²) in [6.07, 6.45) is 9.05. The van der Waals surface area contributed by atoms with Crippen LogP contribution in [0.3, 0.4) is 0 Å². The van der Waals surface area contributed by atoms with E-state index in [0.29, 0.717) is 0 Å². The Bertz CT molecular complexity index is 918. The lowest BCUT2D eigenvalue weighted by molar-refractivity contribution is 0.141. The van der Waals surface area contributed by atoms with Crippen LogP contribution in [0.5, 0.6) is 5.75 Å². The molecule has 0 spiro atoms. The van der Waals surface area contributed by atoms with Crippen molar-refractivity contribution in [2.24, 2.45) is 0 Å². The summed E-state index contributed by atoms with van der Waals surface area (Å²) in [6, 6.07) is 17.0. The highest BCUT2D eigenvalue weighted by Crippen LogP contribution is 2.38. The zero-order valence-electron chi connectivity index (χ0n) is 15.4. The normalized spacial score (nSPS) is 18.7. The molecule has 5 rings (SSSR count). The number of rotatable bonds is 5. The second-order valence-corrected chi connectivity index (χ2v) is 8.88. The molecule has 3 aromatic rings. The number of piperidine rings is 1. The maximum atomic E-state index is 6.52. The van der Waals surface area contributed by atoms with Crippen molar-refractivity contribution in [3.8, 4) is 16.9 Å². The molecule has 2 heterocycles. The molecule has 0 radical (unpaired) electrons. The maximum Gasteiger partial charge on any atom is 0.129 e. The number of aromatic nitrogens is 1. The Balaban J connectivity index is 1.38. The maximum absolute atomic E-state index is 6.52. The molecule has 138 valence electrons. The molecule has 1 saturated heterocycles. The summed E-state index contributed by atoms with van der Waals surface area (Å²) in [5.41, 5.74) is 2.42. The van der Waals surface area contributed by atoms with E-state index in [4.69, 9.17) is 4.74 Å².